The molecule has 0 aliphatic carbocycles. The van der Waals surface area contributed by atoms with Crippen LogP contribution in [0.15, 0.2) is 42.5 Å². The van der Waals surface area contributed by atoms with Crippen molar-refractivity contribution in [1.29, 1.82) is 0 Å². The van der Waals surface area contributed by atoms with E-state index in [9.17, 15) is 4.79 Å². The first-order chi connectivity index (χ1) is 9.69. The molecule has 2 aromatic carbocycles. The summed E-state index contributed by atoms with van der Waals surface area (Å²) in [5, 5.41) is 6.35. The fraction of sp³-hybridized carbons (Fsp3) is 0.0667. The number of hydrogen-bond donors (Lipinski definition) is 0. The van der Waals surface area contributed by atoms with E-state index < -0.39 is 0 Å². The highest BCUT2D eigenvalue weighted by atomic mass is 35.5. The molecule has 0 unspecified atom stereocenters. The molecule has 0 N–H and O–H groups in total. The third-order valence-electron chi connectivity index (χ3n) is 3.13. The van der Waals surface area contributed by atoms with Crippen LogP contribution in [0, 0.1) is 0 Å². The minimum absolute atomic E-state index is 0.436. The fourth-order valence-electron chi connectivity index (χ4n) is 2.17. The SMILES string of the molecule is O=Cc1nn(Cc2ccc(Cl)cc2Cl)c2ccccc12. The Morgan fingerprint density at radius 1 is 1.15 bits per heavy atom. The maximum atomic E-state index is 11.1. The maximum Gasteiger partial charge on any atom is 0.170 e. The summed E-state index contributed by atoms with van der Waals surface area (Å²) in [4.78, 5) is 11.1. The molecule has 100 valence electrons. The Bertz CT molecular complexity index is 796. The number of benzene rings is 2. The van der Waals surface area contributed by atoms with Gasteiger partial charge in [0.25, 0.3) is 0 Å². The third kappa shape index (κ3) is 2.30. The Hall–Kier alpha value is -1.84. The lowest BCUT2D eigenvalue weighted by atomic mass is 10.2. The van der Waals surface area contributed by atoms with Crippen LogP contribution in [0.1, 0.15) is 16.1 Å². The largest absolute Gasteiger partial charge is 0.296 e. The molecule has 0 aliphatic heterocycles. The van der Waals surface area contributed by atoms with Gasteiger partial charge in [0, 0.05) is 15.4 Å². The minimum Gasteiger partial charge on any atom is -0.296 e. The lowest BCUT2D eigenvalue weighted by Crippen LogP contribution is -2.02. The summed E-state index contributed by atoms with van der Waals surface area (Å²) in [6.45, 7) is 0.490. The molecule has 3 nitrogen and oxygen atoms in total. The van der Waals surface area contributed by atoms with Crippen LogP contribution in [0.3, 0.4) is 0 Å². The molecule has 0 saturated heterocycles. The van der Waals surface area contributed by atoms with Gasteiger partial charge in [-0.25, -0.2) is 0 Å². The first-order valence-corrected chi connectivity index (χ1v) is 6.79. The van der Waals surface area contributed by atoms with Gasteiger partial charge in [-0.2, -0.15) is 5.10 Å². The number of carbonyl (C=O) groups is 1. The molecule has 0 spiro atoms. The van der Waals surface area contributed by atoms with Crippen molar-refractivity contribution in [2.45, 2.75) is 6.54 Å². The van der Waals surface area contributed by atoms with E-state index in [0.29, 0.717) is 22.3 Å². The van der Waals surface area contributed by atoms with Crippen molar-refractivity contribution in [2.24, 2.45) is 0 Å². The van der Waals surface area contributed by atoms with Gasteiger partial charge in [-0.3, -0.25) is 9.48 Å². The fourth-order valence-corrected chi connectivity index (χ4v) is 2.64. The zero-order valence-electron chi connectivity index (χ0n) is 10.4. The average Bonchev–Trinajstić information content (AvgIpc) is 2.80. The first-order valence-electron chi connectivity index (χ1n) is 6.03. The summed E-state index contributed by atoms with van der Waals surface area (Å²) in [7, 11) is 0. The second-order valence-electron chi connectivity index (χ2n) is 4.41. The number of halogens is 2. The quantitative estimate of drug-likeness (QED) is 0.680. The van der Waals surface area contributed by atoms with Gasteiger partial charge in [0.05, 0.1) is 12.1 Å². The van der Waals surface area contributed by atoms with Crippen molar-refractivity contribution in [3.8, 4) is 0 Å². The lowest BCUT2D eigenvalue weighted by Gasteiger charge is -2.06. The summed E-state index contributed by atoms with van der Waals surface area (Å²) in [6.07, 6.45) is 0.766. The van der Waals surface area contributed by atoms with Crippen molar-refractivity contribution in [1.82, 2.24) is 9.78 Å². The van der Waals surface area contributed by atoms with Crippen LogP contribution in [-0.4, -0.2) is 16.1 Å². The Morgan fingerprint density at radius 3 is 2.70 bits per heavy atom. The monoisotopic (exact) mass is 304 g/mol. The molecule has 3 aromatic rings. The van der Waals surface area contributed by atoms with Gasteiger partial charge in [-0.05, 0) is 23.8 Å². The van der Waals surface area contributed by atoms with Gasteiger partial charge in [0.2, 0.25) is 0 Å². The molecular formula is C15H10Cl2N2O. The van der Waals surface area contributed by atoms with E-state index in [1.54, 1.807) is 16.8 Å². The summed E-state index contributed by atoms with van der Waals surface area (Å²) in [5.74, 6) is 0. The molecular weight excluding hydrogens is 295 g/mol. The molecule has 0 saturated carbocycles. The number of nitrogens with zero attached hydrogens (tertiary/aromatic N) is 2. The van der Waals surface area contributed by atoms with Crippen molar-refractivity contribution in [2.75, 3.05) is 0 Å². The smallest absolute Gasteiger partial charge is 0.170 e. The highest BCUT2D eigenvalue weighted by Gasteiger charge is 2.10. The topological polar surface area (TPSA) is 34.9 Å². The number of para-hydroxylation sites is 1. The molecule has 0 atom stereocenters. The van der Waals surface area contributed by atoms with E-state index in [1.165, 1.54) is 0 Å². The minimum atomic E-state index is 0.436. The number of hydrogen-bond acceptors (Lipinski definition) is 2. The van der Waals surface area contributed by atoms with Crippen LogP contribution in [0.4, 0.5) is 0 Å². The summed E-state index contributed by atoms with van der Waals surface area (Å²) < 4.78 is 1.77. The summed E-state index contributed by atoms with van der Waals surface area (Å²) in [5.41, 5.74) is 2.24. The Kier molecular flexibility index (Phi) is 3.47. The van der Waals surface area contributed by atoms with Gasteiger partial charge in [-0.15, -0.1) is 0 Å². The molecule has 0 bridgehead atoms. The van der Waals surface area contributed by atoms with Crippen molar-refractivity contribution in [3.63, 3.8) is 0 Å². The molecule has 20 heavy (non-hydrogen) atoms. The normalized spacial score (nSPS) is 10.9. The van der Waals surface area contributed by atoms with E-state index in [4.69, 9.17) is 23.2 Å². The first kappa shape index (κ1) is 13.2. The molecule has 5 heteroatoms. The number of aromatic nitrogens is 2. The molecule has 3 rings (SSSR count). The predicted octanol–water partition coefficient (Wildman–Crippen LogP) is 4.20. The van der Waals surface area contributed by atoms with E-state index in [1.807, 2.05) is 30.3 Å². The van der Waals surface area contributed by atoms with Crippen LogP contribution >= 0.6 is 23.2 Å². The summed E-state index contributed by atoms with van der Waals surface area (Å²) >= 11 is 12.1. The van der Waals surface area contributed by atoms with Gasteiger partial charge < -0.3 is 0 Å². The van der Waals surface area contributed by atoms with Crippen LogP contribution in [0.25, 0.3) is 10.9 Å². The second-order valence-corrected chi connectivity index (χ2v) is 5.26. The average molecular weight is 305 g/mol. The third-order valence-corrected chi connectivity index (χ3v) is 3.72. The molecule has 1 heterocycles. The van der Waals surface area contributed by atoms with Gasteiger partial charge in [-0.1, -0.05) is 47.5 Å². The van der Waals surface area contributed by atoms with Gasteiger partial charge in [0.1, 0.15) is 5.69 Å². The zero-order chi connectivity index (χ0) is 14.1. The Labute approximate surface area is 125 Å². The maximum absolute atomic E-state index is 11.1. The van der Waals surface area contributed by atoms with Crippen LogP contribution in [0.2, 0.25) is 10.0 Å². The lowest BCUT2D eigenvalue weighted by molar-refractivity contribution is 0.111. The van der Waals surface area contributed by atoms with E-state index in [0.717, 1.165) is 22.8 Å². The number of aldehydes is 1. The highest BCUT2D eigenvalue weighted by molar-refractivity contribution is 6.35. The van der Waals surface area contributed by atoms with Crippen molar-refractivity contribution in [3.05, 3.63) is 63.8 Å². The van der Waals surface area contributed by atoms with Crippen LogP contribution in [-0.2, 0) is 6.54 Å². The van der Waals surface area contributed by atoms with Crippen molar-refractivity contribution < 1.29 is 4.79 Å². The zero-order valence-corrected chi connectivity index (χ0v) is 11.9. The van der Waals surface area contributed by atoms with Crippen LogP contribution < -0.4 is 0 Å². The van der Waals surface area contributed by atoms with Crippen LogP contribution in [0.5, 0.6) is 0 Å². The van der Waals surface area contributed by atoms with Crippen molar-refractivity contribution >= 4 is 40.4 Å². The molecule has 1 aromatic heterocycles. The number of rotatable bonds is 3. The number of carbonyl (C=O) groups excluding carboxylic acids is 1. The Balaban J connectivity index is 2.09. The van der Waals surface area contributed by atoms with E-state index >= 15 is 0 Å². The molecule has 0 radical (unpaired) electrons. The standard InChI is InChI=1S/C15H10Cl2N2O/c16-11-6-5-10(13(17)7-11)8-19-15-4-2-1-3-12(15)14(9-20)18-19/h1-7,9H,8H2. The van der Waals surface area contributed by atoms with Gasteiger partial charge in [0.15, 0.2) is 6.29 Å². The Morgan fingerprint density at radius 2 is 1.95 bits per heavy atom. The second kappa shape index (κ2) is 5.27. The number of fused-ring (bicyclic) bond motifs is 1. The van der Waals surface area contributed by atoms with E-state index in [-0.39, 0.29) is 0 Å². The predicted molar refractivity (Wildman–Crippen MR) is 80.7 cm³/mol. The van der Waals surface area contributed by atoms with E-state index in [2.05, 4.69) is 5.10 Å². The molecule has 0 amide bonds. The summed E-state index contributed by atoms with van der Waals surface area (Å²) in [6, 6.07) is 13.0. The molecule has 0 aliphatic rings. The van der Waals surface area contributed by atoms with Gasteiger partial charge >= 0.3 is 0 Å². The highest BCUT2D eigenvalue weighted by Crippen LogP contribution is 2.24. The molecule has 0 fully saturated rings.